The third-order valence-corrected chi connectivity index (χ3v) is 3.42. The molecule has 1 rings (SSSR count). The van der Waals surface area contributed by atoms with Gasteiger partial charge in [0, 0.05) is 37.8 Å². The number of hydrogen-bond acceptors (Lipinski definition) is 3. The number of hydrogen-bond donors (Lipinski definition) is 1. The van der Waals surface area contributed by atoms with E-state index in [1.54, 1.807) is 16.7 Å². The van der Waals surface area contributed by atoms with Crippen LogP contribution in [-0.4, -0.2) is 34.1 Å². The standard InChI is InChI=1S/C13H21N3OS/c1-3-15(10-11(2)13(14)18)8-9-16-7-5-4-6-12(16)17/h4-7,11H,3,8-10H2,1-2H3,(H2,14,18). The molecular weight excluding hydrogens is 246 g/mol. The van der Waals surface area contributed by atoms with Gasteiger partial charge in [-0.1, -0.05) is 32.1 Å². The summed E-state index contributed by atoms with van der Waals surface area (Å²) in [5, 5.41) is 0. The summed E-state index contributed by atoms with van der Waals surface area (Å²) in [6, 6.07) is 5.20. The van der Waals surface area contributed by atoms with Crippen molar-refractivity contribution in [2.75, 3.05) is 19.6 Å². The van der Waals surface area contributed by atoms with Crippen LogP contribution in [0.3, 0.4) is 0 Å². The van der Waals surface area contributed by atoms with E-state index in [0.717, 1.165) is 19.6 Å². The molecule has 1 unspecified atom stereocenters. The maximum atomic E-state index is 11.6. The Morgan fingerprint density at radius 1 is 1.56 bits per heavy atom. The van der Waals surface area contributed by atoms with Crippen LogP contribution in [0.25, 0.3) is 0 Å². The van der Waals surface area contributed by atoms with Crippen LogP contribution in [-0.2, 0) is 6.54 Å². The summed E-state index contributed by atoms with van der Waals surface area (Å²) in [5.74, 6) is 0.201. The average Bonchev–Trinajstić information content (AvgIpc) is 2.35. The Balaban J connectivity index is 2.52. The van der Waals surface area contributed by atoms with Crippen molar-refractivity contribution in [3.05, 3.63) is 34.7 Å². The maximum absolute atomic E-state index is 11.6. The number of likely N-dealkylation sites (N-methyl/N-ethyl adjacent to an activating group) is 1. The van der Waals surface area contributed by atoms with Gasteiger partial charge in [-0.2, -0.15) is 0 Å². The Kier molecular flexibility index (Phi) is 6.01. The molecule has 0 fully saturated rings. The number of aromatic nitrogens is 1. The fraction of sp³-hybridized carbons (Fsp3) is 0.538. The molecule has 0 bridgehead atoms. The minimum atomic E-state index is 0.0379. The lowest BCUT2D eigenvalue weighted by atomic mass is 10.1. The van der Waals surface area contributed by atoms with Crippen molar-refractivity contribution < 1.29 is 0 Å². The van der Waals surface area contributed by atoms with E-state index < -0.39 is 0 Å². The molecule has 18 heavy (non-hydrogen) atoms. The van der Waals surface area contributed by atoms with Gasteiger partial charge in [-0.25, -0.2) is 0 Å². The van der Waals surface area contributed by atoms with Gasteiger partial charge in [0.25, 0.3) is 5.56 Å². The second-order valence-electron chi connectivity index (χ2n) is 4.43. The topological polar surface area (TPSA) is 51.3 Å². The van der Waals surface area contributed by atoms with Crippen LogP contribution in [0.15, 0.2) is 29.2 Å². The van der Waals surface area contributed by atoms with Crippen LogP contribution >= 0.6 is 12.2 Å². The lowest BCUT2D eigenvalue weighted by molar-refractivity contribution is 0.260. The zero-order valence-corrected chi connectivity index (χ0v) is 11.8. The highest BCUT2D eigenvalue weighted by Gasteiger charge is 2.10. The largest absolute Gasteiger partial charge is 0.393 e. The highest BCUT2D eigenvalue weighted by Crippen LogP contribution is 2.00. The van der Waals surface area contributed by atoms with Gasteiger partial charge in [0.05, 0.1) is 4.99 Å². The SMILES string of the molecule is CCN(CCn1ccccc1=O)CC(C)C(N)=S. The van der Waals surface area contributed by atoms with Gasteiger partial charge < -0.3 is 15.2 Å². The summed E-state index contributed by atoms with van der Waals surface area (Å²) in [6.07, 6.45) is 1.81. The first-order valence-electron chi connectivity index (χ1n) is 6.21. The molecule has 1 atom stereocenters. The van der Waals surface area contributed by atoms with E-state index in [1.165, 1.54) is 0 Å². The number of nitrogens with zero attached hydrogens (tertiary/aromatic N) is 2. The van der Waals surface area contributed by atoms with Crippen LogP contribution in [0.2, 0.25) is 0 Å². The second-order valence-corrected chi connectivity index (χ2v) is 4.90. The quantitative estimate of drug-likeness (QED) is 0.752. The maximum Gasteiger partial charge on any atom is 0.250 e. The van der Waals surface area contributed by atoms with Crippen LogP contribution in [0.5, 0.6) is 0 Å². The summed E-state index contributed by atoms with van der Waals surface area (Å²) in [5.41, 5.74) is 5.66. The first-order valence-corrected chi connectivity index (χ1v) is 6.62. The Hall–Kier alpha value is -1.20. The summed E-state index contributed by atoms with van der Waals surface area (Å²) < 4.78 is 1.72. The Morgan fingerprint density at radius 3 is 2.83 bits per heavy atom. The lowest BCUT2D eigenvalue weighted by Gasteiger charge is -2.24. The number of rotatable bonds is 7. The average molecular weight is 267 g/mol. The molecule has 0 amide bonds. The minimum absolute atomic E-state index is 0.0379. The van der Waals surface area contributed by atoms with Crippen molar-refractivity contribution >= 4 is 17.2 Å². The first kappa shape index (κ1) is 14.9. The molecule has 1 aromatic heterocycles. The summed E-state index contributed by atoms with van der Waals surface area (Å²) in [6.45, 7) is 7.41. The molecule has 0 saturated heterocycles. The predicted octanol–water partition coefficient (Wildman–Crippen LogP) is 1.09. The predicted molar refractivity (Wildman–Crippen MR) is 78.8 cm³/mol. The molecule has 0 aliphatic heterocycles. The zero-order valence-electron chi connectivity index (χ0n) is 11.0. The molecule has 5 heteroatoms. The summed E-state index contributed by atoms with van der Waals surface area (Å²) >= 11 is 4.98. The molecule has 0 aliphatic carbocycles. The molecule has 0 radical (unpaired) electrons. The van der Waals surface area contributed by atoms with Crippen molar-refractivity contribution in [3.63, 3.8) is 0 Å². The van der Waals surface area contributed by atoms with Crippen LogP contribution in [0.4, 0.5) is 0 Å². The molecule has 0 spiro atoms. The molecule has 0 aromatic carbocycles. The zero-order chi connectivity index (χ0) is 13.5. The number of nitrogens with two attached hydrogens (primary N) is 1. The van der Waals surface area contributed by atoms with E-state index in [-0.39, 0.29) is 11.5 Å². The fourth-order valence-corrected chi connectivity index (χ4v) is 1.82. The van der Waals surface area contributed by atoms with Gasteiger partial charge in [-0.15, -0.1) is 0 Å². The van der Waals surface area contributed by atoms with Crippen molar-refractivity contribution in [2.24, 2.45) is 11.7 Å². The van der Waals surface area contributed by atoms with E-state index in [2.05, 4.69) is 11.8 Å². The van der Waals surface area contributed by atoms with E-state index >= 15 is 0 Å². The Labute approximate surface area is 113 Å². The van der Waals surface area contributed by atoms with Crippen molar-refractivity contribution in [2.45, 2.75) is 20.4 Å². The molecule has 2 N–H and O–H groups in total. The molecule has 1 aromatic rings. The van der Waals surface area contributed by atoms with Gasteiger partial charge >= 0.3 is 0 Å². The van der Waals surface area contributed by atoms with Crippen LogP contribution in [0, 0.1) is 5.92 Å². The molecule has 1 heterocycles. The third-order valence-electron chi connectivity index (χ3n) is 3.02. The van der Waals surface area contributed by atoms with E-state index in [1.807, 2.05) is 19.2 Å². The van der Waals surface area contributed by atoms with E-state index in [9.17, 15) is 4.79 Å². The van der Waals surface area contributed by atoms with Crippen LogP contribution in [0.1, 0.15) is 13.8 Å². The van der Waals surface area contributed by atoms with Gasteiger partial charge in [-0.05, 0) is 12.6 Å². The van der Waals surface area contributed by atoms with Gasteiger partial charge in [0.15, 0.2) is 0 Å². The molecule has 0 saturated carbocycles. The number of pyridine rings is 1. The van der Waals surface area contributed by atoms with Crippen LogP contribution < -0.4 is 11.3 Å². The van der Waals surface area contributed by atoms with Crippen molar-refractivity contribution in [3.8, 4) is 0 Å². The smallest absolute Gasteiger partial charge is 0.250 e. The van der Waals surface area contributed by atoms with Gasteiger partial charge in [-0.3, -0.25) is 4.79 Å². The van der Waals surface area contributed by atoms with Crippen molar-refractivity contribution in [1.29, 1.82) is 0 Å². The highest BCUT2D eigenvalue weighted by atomic mass is 32.1. The molecule has 4 nitrogen and oxygen atoms in total. The second kappa shape index (κ2) is 7.28. The van der Waals surface area contributed by atoms with E-state index in [0.29, 0.717) is 11.5 Å². The Bertz CT molecular complexity index is 444. The minimum Gasteiger partial charge on any atom is -0.393 e. The van der Waals surface area contributed by atoms with Gasteiger partial charge in [0.2, 0.25) is 0 Å². The first-order chi connectivity index (χ1) is 8.54. The highest BCUT2D eigenvalue weighted by molar-refractivity contribution is 7.80. The molecular formula is C13H21N3OS. The molecule has 100 valence electrons. The lowest BCUT2D eigenvalue weighted by Crippen LogP contribution is -2.36. The summed E-state index contributed by atoms with van der Waals surface area (Å²) in [4.78, 5) is 14.4. The Morgan fingerprint density at radius 2 is 2.28 bits per heavy atom. The monoisotopic (exact) mass is 267 g/mol. The third kappa shape index (κ3) is 4.58. The molecule has 0 aliphatic rings. The van der Waals surface area contributed by atoms with Gasteiger partial charge in [0.1, 0.15) is 0 Å². The summed E-state index contributed by atoms with van der Waals surface area (Å²) in [7, 11) is 0. The normalized spacial score (nSPS) is 12.6. The fourth-order valence-electron chi connectivity index (χ4n) is 1.75. The van der Waals surface area contributed by atoms with E-state index in [4.69, 9.17) is 18.0 Å². The van der Waals surface area contributed by atoms with Crippen molar-refractivity contribution in [1.82, 2.24) is 9.47 Å². The number of thiocarbonyl (C=S) groups is 1.